The number of carbonyl (C=O) groups is 1. The van der Waals surface area contributed by atoms with Crippen LogP contribution in [0.3, 0.4) is 0 Å². The van der Waals surface area contributed by atoms with E-state index in [-0.39, 0.29) is 17.9 Å². The first-order valence-electron chi connectivity index (χ1n) is 9.79. The van der Waals surface area contributed by atoms with Crippen molar-refractivity contribution in [3.8, 4) is 5.75 Å². The smallest absolute Gasteiger partial charge is 0.253 e. The van der Waals surface area contributed by atoms with Crippen molar-refractivity contribution in [2.75, 3.05) is 13.1 Å². The van der Waals surface area contributed by atoms with Gasteiger partial charge in [-0.05, 0) is 44.2 Å². The number of rotatable bonds is 5. The summed E-state index contributed by atoms with van der Waals surface area (Å²) in [6.45, 7) is 5.39. The molecule has 4 nitrogen and oxygen atoms in total. The Kier molecular flexibility index (Phi) is 5.11. The molecule has 0 aromatic heterocycles. The Morgan fingerprint density at radius 2 is 1.71 bits per heavy atom. The van der Waals surface area contributed by atoms with Gasteiger partial charge in [0.05, 0.1) is 17.3 Å². The van der Waals surface area contributed by atoms with E-state index in [4.69, 9.17) is 9.73 Å². The third-order valence-electron chi connectivity index (χ3n) is 5.26. The highest BCUT2D eigenvalue weighted by molar-refractivity contribution is 6.07. The molecule has 28 heavy (non-hydrogen) atoms. The van der Waals surface area contributed by atoms with Crippen molar-refractivity contribution in [2.24, 2.45) is 10.9 Å². The summed E-state index contributed by atoms with van der Waals surface area (Å²) in [4.78, 5) is 19.5. The zero-order chi connectivity index (χ0) is 19.5. The van der Waals surface area contributed by atoms with E-state index in [0.717, 1.165) is 22.7 Å². The summed E-state index contributed by atoms with van der Waals surface area (Å²) in [5, 5.41) is 0. The molecule has 142 valence electrons. The summed E-state index contributed by atoms with van der Waals surface area (Å²) in [5.74, 6) is 0.760. The molecule has 0 radical (unpaired) electrons. The van der Waals surface area contributed by atoms with Crippen molar-refractivity contribution in [1.29, 1.82) is 0 Å². The Morgan fingerprint density at radius 1 is 1.00 bits per heavy atom. The number of nitrogens with zero attached hydrogens (tertiary/aromatic N) is 2. The van der Waals surface area contributed by atoms with Crippen molar-refractivity contribution in [3.63, 3.8) is 0 Å². The first-order valence-corrected chi connectivity index (χ1v) is 9.79. The largest absolute Gasteiger partial charge is 0.485 e. The van der Waals surface area contributed by atoms with Gasteiger partial charge in [-0.1, -0.05) is 42.5 Å². The number of hydrogen-bond acceptors (Lipinski definition) is 3. The predicted octanol–water partition coefficient (Wildman–Crippen LogP) is 4.87. The summed E-state index contributed by atoms with van der Waals surface area (Å²) in [6.07, 6.45) is 5.63. The molecule has 0 fully saturated rings. The van der Waals surface area contributed by atoms with Crippen LogP contribution in [0, 0.1) is 5.92 Å². The molecule has 4 heteroatoms. The molecule has 2 aliphatic rings. The lowest BCUT2D eigenvalue weighted by Crippen LogP contribution is -2.34. The Balaban J connectivity index is 1.73. The molecule has 2 aromatic carbocycles. The highest BCUT2D eigenvalue weighted by atomic mass is 16.5. The minimum atomic E-state index is -0.226. The first kappa shape index (κ1) is 18.2. The SMILES string of the molecule is CCN(CC)C(=O)C1=CC2C(=Nc3ccccc3C2Oc2ccccc2)C=C1. The van der Waals surface area contributed by atoms with E-state index in [1.807, 2.05) is 85.5 Å². The second-order valence-electron chi connectivity index (χ2n) is 6.91. The van der Waals surface area contributed by atoms with Gasteiger partial charge in [0.25, 0.3) is 5.91 Å². The summed E-state index contributed by atoms with van der Waals surface area (Å²) in [5.41, 5.74) is 3.59. The van der Waals surface area contributed by atoms with Crippen LogP contribution in [0.15, 0.2) is 83.4 Å². The van der Waals surface area contributed by atoms with Crippen LogP contribution in [0.25, 0.3) is 0 Å². The van der Waals surface area contributed by atoms with Crippen LogP contribution in [-0.4, -0.2) is 29.6 Å². The second-order valence-corrected chi connectivity index (χ2v) is 6.91. The standard InChI is InChI=1S/C24H24N2O2/c1-3-26(4-2)24(27)17-14-15-22-20(16-17)23(28-18-10-6-5-7-11-18)19-12-8-9-13-21(19)25-22/h5-16,20,23H,3-4H2,1-2H3. The average molecular weight is 372 g/mol. The van der Waals surface area contributed by atoms with Crippen LogP contribution < -0.4 is 4.74 Å². The Hall–Kier alpha value is -3.14. The summed E-state index contributed by atoms with van der Waals surface area (Å²) in [6, 6.07) is 17.9. The van der Waals surface area contributed by atoms with Gasteiger partial charge in [-0.15, -0.1) is 0 Å². The highest BCUT2D eigenvalue weighted by Gasteiger charge is 2.35. The summed E-state index contributed by atoms with van der Waals surface area (Å²) >= 11 is 0. The number of para-hydroxylation sites is 2. The molecule has 0 saturated carbocycles. The molecule has 1 heterocycles. The lowest BCUT2D eigenvalue weighted by atomic mass is 9.83. The molecule has 2 atom stereocenters. The number of benzene rings is 2. The maximum atomic E-state index is 12.9. The number of likely N-dealkylation sites (N-methyl/N-ethyl adjacent to an activating group) is 1. The van der Waals surface area contributed by atoms with Crippen LogP contribution in [0.4, 0.5) is 5.69 Å². The van der Waals surface area contributed by atoms with Gasteiger partial charge < -0.3 is 9.64 Å². The van der Waals surface area contributed by atoms with Gasteiger partial charge in [0.2, 0.25) is 0 Å². The zero-order valence-electron chi connectivity index (χ0n) is 16.2. The van der Waals surface area contributed by atoms with Gasteiger partial charge in [0.1, 0.15) is 11.9 Å². The van der Waals surface area contributed by atoms with Crippen molar-refractivity contribution < 1.29 is 9.53 Å². The second kappa shape index (κ2) is 7.85. The third kappa shape index (κ3) is 3.38. The molecule has 1 amide bonds. The zero-order valence-corrected chi connectivity index (χ0v) is 16.2. The van der Waals surface area contributed by atoms with Gasteiger partial charge in [-0.2, -0.15) is 0 Å². The van der Waals surface area contributed by atoms with E-state index >= 15 is 0 Å². The fourth-order valence-corrected chi connectivity index (χ4v) is 3.76. The number of carbonyl (C=O) groups excluding carboxylic acids is 1. The van der Waals surface area contributed by atoms with E-state index < -0.39 is 0 Å². The minimum absolute atomic E-state index is 0.0534. The van der Waals surface area contributed by atoms with Crippen LogP contribution in [-0.2, 0) is 4.79 Å². The number of ether oxygens (including phenoxy) is 1. The molecule has 0 N–H and O–H groups in total. The van der Waals surface area contributed by atoms with E-state index in [1.54, 1.807) is 0 Å². The first-order chi connectivity index (χ1) is 13.7. The lowest BCUT2D eigenvalue weighted by Gasteiger charge is -2.33. The van der Waals surface area contributed by atoms with Gasteiger partial charge in [0.15, 0.2) is 0 Å². The van der Waals surface area contributed by atoms with Gasteiger partial charge in [0, 0.05) is 24.2 Å². The van der Waals surface area contributed by atoms with E-state index in [0.29, 0.717) is 18.7 Å². The molecule has 0 bridgehead atoms. The Morgan fingerprint density at radius 3 is 2.46 bits per heavy atom. The molecule has 1 aliphatic carbocycles. The molecule has 0 spiro atoms. The number of fused-ring (bicyclic) bond motifs is 2. The van der Waals surface area contributed by atoms with Crippen LogP contribution in [0.2, 0.25) is 0 Å². The van der Waals surface area contributed by atoms with Crippen LogP contribution >= 0.6 is 0 Å². The number of hydrogen-bond donors (Lipinski definition) is 0. The van der Waals surface area contributed by atoms with Crippen LogP contribution in [0.5, 0.6) is 5.75 Å². The van der Waals surface area contributed by atoms with Crippen LogP contribution in [0.1, 0.15) is 25.5 Å². The van der Waals surface area contributed by atoms with Crippen molar-refractivity contribution in [1.82, 2.24) is 4.90 Å². The summed E-state index contributed by atoms with van der Waals surface area (Å²) < 4.78 is 6.41. The van der Waals surface area contributed by atoms with Gasteiger partial charge >= 0.3 is 0 Å². The summed E-state index contributed by atoms with van der Waals surface area (Å²) in [7, 11) is 0. The highest BCUT2D eigenvalue weighted by Crippen LogP contribution is 2.42. The monoisotopic (exact) mass is 372 g/mol. The maximum Gasteiger partial charge on any atom is 0.253 e. The molecular weight excluding hydrogens is 348 g/mol. The minimum Gasteiger partial charge on any atom is -0.485 e. The number of amides is 1. The van der Waals surface area contributed by atoms with Gasteiger partial charge in [-0.25, -0.2) is 0 Å². The topological polar surface area (TPSA) is 41.9 Å². The number of allylic oxidation sites excluding steroid dienone is 1. The third-order valence-corrected chi connectivity index (χ3v) is 5.26. The Labute approximate surface area is 165 Å². The molecule has 2 unspecified atom stereocenters. The normalized spacial score (nSPS) is 19.8. The fourth-order valence-electron chi connectivity index (χ4n) is 3.76. The maximum absolute atomic E-state index is 12.9. The molecule has 4 rings (SSSR count). The lowest BCUT2D eigenvalue weighted by molar-refractivity contribution is -0.126. The molecule has 1 aliphatic heterocycles. The van der Waals surface area contributed by atoms with Gasteiger partial charge in [-0.3, -0.25) is 9.79 Å². The van der Waals surface area contributed by atoms with Crippen molar-refractivity contribution in [3.05, 3.63) is 84.0 Å². The van der Waals surface area contributed by atoms with E-state index in [9.17, 15) is 4.79 Å². The number of aliphatic imine (C=N–C) groups is 1. The van der Waals surface area contributed by atoms with E-state index in [2.05, 4.69) is 6.07 Å². The fraction of sp³-hybridized carbons (Fsp3) is 0.250. The van der Waals surface area contributed by atoms with Crippen molar-refractivity contribution >= 4 is 17.3 Å². The average Bonchev–Trinajstić information content (AvgIpc) is 2.75. The van der Waals surface area contributed by atoms with E-state index in [1.165, 1.54) is 0 Å². The van der Waals surface area contributed by atoms with Crippen molar-refractivity contribution in [2.45, 2.75) is 20.0 Å². The molecule has 2 aromatic rings. The predicted molar refractivity (Wildman–Crippen MR) is 112 cm³/mol. The molecule has 0 saturated heterocycles. The molecular formula is C24H24N2O2. The quantitative estimate of drug-likeness (QED) is 0.751. The Bertz CT molecular complexity index is 956.